The van der Waals surface area contributed by atoms with Gasteiger partial charge in [0.2, 0.25) is 11.5 Å². The Hall–Kier alpha value is -2.17. The molecule has 0 radical (unpaired) electrons. The van der Waals surface area contributed by atoms with E-state index in [1.165, 1.54) is 0 Å². The molecular formula is C12H9NO4. The Morgan fingerprint density at radius 2 is 2.18 bits per heavy atom. The lowest BCUT2D eigenvalue weighted by Crippen LogP contribution is -2.34. The van der Waals surface area contributed by atoms with Crippen molar-refractivity contribution in [3.63, 3.8) is 0 Å². The Morgan fingerprint density at radius 3 is 3.00 bits per heavy atom. The molecule has 0 spiro atoms. The van der Waals surface area contributed by atoms with Crippen LogP contribution < -0.4 is 9.47 Å². The highest BCUT2D eigenvalue weighted by atomic mass is 16.6. The van der Waals surface area contributed by atoms with Crippen molar-refractivity contribution in [1.29, 1.82) is 0 Å². The van der Waals surface area contributed by atoms with Gasteiger partial charge in [0.05, 0.1) is 12.3 Å². The van der Waals surface area contributed by atoms with E-state index in [1.54, 1.807) is 25.3 Å². The van der Waals surface area contributed by atoms with Gasteiger partial charge in [-0.25, -0.2) is 4.98 Å². The molecule has 3 rings (SSSR count). The highest BCUT2D eigenvalue weighted by Gasteiger charge is 2.39. The molecule has 86 valence electrons. The van der Waals surface area contributed by atoms with Gasteiger partial charge in [0, 0.05) is 6.20 Å². The van der Waals surface area contributed by atoms with Gasteiger partial charge in [0.15, 0.2) is 17.3 Å². The van der Waals surface area contributed by atoms with Crippen molar-refractivity contribution in [2.75, 3.05) is 0 Å². The molecule has 1 aliphatic heterocycles. The average molecular weight is 231 g/mol. The largest absolute Gasteiger partial charge is 0.444 e. The molecular weight excluding hydrogens is 222 g/mol. The number of pyridine rings is 1. The predicted molar refractivity (Wildman–Crippen MR) is 56.3 cm³/mol. The third-order valence-electron chi connectivity index (χ3n) is 2.86. The van der Waals surface area contributed by atoms with E-state index in [9.17, 15) is 9.59 Å². The van der Waals surface area contributed by atoms with Gasteiger partial charge >= 0.3 is 0 Å². The molecule has 0 bridgehead atoms. The van der Waals surface area contributed by atoms with Gasteiger partial charge in [0.25, 0.3) is 5.88 Å². The highest BCUT2D eigenvalue weighted by Crippen LogP contribution is 2.37. The van der Waals surface area contributed by atoms with Crippen LogP contribution >= 0.6 is 0 Å². The maximum absolute atomic E-state index is 11.9. The normalized spacial score (nSPS) is 22.5. The van der Waals surface area contributed by atoms with Crippen molar-refractivity contribution in [3.05, 3.63) is 29.8 Å². The van der Waals surface area contributed by atoms with E-state index in [0.717, 1.165) is 0 Å². The molecule has 0 fully saturated rings. The third kappa shape index (κ3) is 1.43. The molecule has 0 N–H and O–H groups in total. The molecule has 0 amide bonds. The van der Waals surface area contributed by atoms with Gasteiger partial charge in [-0.05, 0) is 19.1 Å². The first kappa shape index (κ1) is 10.0. The van der Waals surface area contributed by atoms with Crippen LogP contribution in [0.5, 0.6) is 11.6 Å². The van der Waals surface area contributed by atoms with Crippen LogP contribution in [0, 0.1) is 5.92 Å². The lowest BCUT2D eigenvalue weighted by molar-refractivity contribution is -0.133. The summed E-state index contributed by atoms with van der Waals surface area (Å²) in [5.74, 6) is -0.0393. The van der Waals surface area contributed by atoms with Crippen LogP contribution in [0.2, 0.25) is 0 Å². The van der Waals surface area contributed by atoms with Crippen LogP contribution in [-0.2, 0) is 9.59 Å². The lowest BCUT2D eigenvalue weighted by Gasteiger charge is -2.26. The Balaban J connectivity index is 2.05. The number of allylic oxidation sites excluding steroid dienone is 2. The number of hydrogen-bond donors (Lipinski definition) is 0. The van der Waals surface area contributed by atoms with E-state index >= 15 is 0 Å². The van der Waals surface area contributed by atoms with Crippen molar-refractivity contribution in [3.8, 4) is 11.6 Å². The Kier molecular flexibility index (Phi) is 2.01. The first-order chi connectivity index (χ1) is 8.16. The fourth-order valence-electron chi connectivity index (χ4n) is 1.82. The molecule has 0 aromatic carbocycles. The quantitative estimate of drug-likeness (QED) is 0.628. The number of hydrogen-bond acceptors (Lipinski definition) is 5. The van der Waals surface area contributed by atoms with Gasteiger partial charge in [-0.2, -0.15) is 0 Å². The molecule has 5 nitrogen and oxygen atoms in total. The van der Waals surface area contributed by atoms with Crippen LogP contribution in [0.4, 0.5) is 0 Å². The van der Waals surface area contributed by atoms with Crippen LogP contribution in [0.1, 0.15) is 13.3 Å². The summed E-state index contributed by atoms with van der Waals surface area (Å²) >= 11 is 0. The first-order valence-corrected chi connectivity index (χ1v) is 5.27. The number of ketones is 2. The summed E-state index contributed by atoms with van der Waals surface area (Å²) in [6.45, 7) is 1.58. The molecule has 2 heterocycles. The second-order valence-electron chi connectivity index (χ2n) is 3.99. The van der Waals surface area contributed by atoms with Gasteiger partial charge in [0.1, 0.15) is 0 Å². The van der Waals surface area contributed by atoms with Crippen molar-refractivity contribution in [2.45, 2.75) is 13.3 Å². The zero-order valence-electron chi connectivity index (χ0n) is 9.10. The molecule has 1 aliphatic carbocycles. The fraction of sp³-hybridized carbons (Fsp3) is 0.250. The Bertz CT molecular complexity index is 561. The zero-order chi connectivity index (χ0) is 12.0. The number of carbonyl (C=O) groups excluding carboxylic acids is 2. The number of ether oxygens (including phenoxy) is 2. The number of fused-ring (bicyclic) bond motifs is 1. The van der Waals surface area contributed by atoms with E-state index in [2.05, 4.69) is 4.98 Å². The minimum atomic E-state index is -0.657. The molecule has 1 atom stereocenters. The SMILES string of the molecule is CC1C(=O)CC2=C(Oc3cccnc3O2)C1=O. The third-order valence-corrected chi connectivity index (χ3v) is 2.86. The van der Waals surface area contributed by atoms with Crippen LogP contribution in [0.3, 0.4) is 0 Å². The van der Waals surface area contributed by atoms with E-state index in [4.69, 9.17) is 9.47 Å². The number of carbonyl (C=O) groups is 2. The molecule has 17 heavy (non-hydrogen) atoms. The van der Waals surface area contributed by atoms with E-state index in [0.29, 0.717) is 11.6 Å². The second-order valence-corrected chi connectivity index (χ2v) is 3.99. The first-order valence-electron chi connectivity index (χ1n) is 5.27. The summed E-state index contributed by atoms with van der Waals surface area (Å²) in [6, 6.07) is 3.36. The summed E-state index contributed by atoms with van der Waals surface area (Å²) in [5, 5.41) is 0. The Labute approximate surface area is 97.1 Å². The van der Waals surface area contributed by atoms with Crippen molar-refractivity contribution in [1.82, 2.24) is 4.98 Å². The van der Waals surface area contributed by atoms with Gasteiger partial charge in [-0.1, -0.05) is 0 Å². The molecule has 0 saturated heterocycles. The minimum absolute atomic E-state index is 0.0816. The molecule has 1 aromatic heterocycles. The minimum Gasteiger partial charge on any atom is -0.444 e. The standard InChI is InChI=1S/C12H9NO4/c1-6-7(14)5-9-11(10(6)15)16-8-3-2-4-13-12(8)17-9/h2-4,6H,5H2,1H3. The summed E-state index contributed by atoms with van der Waals surface area (Å²) < 4.78 is 10.9. The van der Waals surface area contributed by atoms with Crippen LogP contribution in [0.15, 0.2) is 29.8 Å². The van der Waals surface area contributed by atoms with E-state index in [-0.39, 0.29) is 29.5 Å². The summed E-state index contributed by atoms with van der Waals surface area (Å²) in [6.07, 6.45) is 1.64. The molecule has 1 aromatic rings. The van der Waals surface area contributed by atoms with Crippen molar-refractivity contribution < 1.29 is 19.1 Å². The topological polar surface area (TPSA) is 65.5 Å². The maximum atomic E-state index is 11.9. The van der Waals surface area contributed by atoms with Gasteiger partial charge in [-0.15, -0.1) is 0 Å². The molecule has 2 aliphatic rings. The summed E-state index contributed by atoms with van der Waals surface area (Å²) in [7, 11) is 0. The number of aromatic nitrogens is 1. The van der Waals surface area contributed by atoms with Crippen molar-refractivity contribution >= 4 is 11.6 Å². The number of rotatable bonds is 0. The van der Waals surface area contributed by atoms with Crippen molar-refractivity contribution in [2.24, 2.45) is 5.92 Å². The van der Waals surface area contributed by atoms with E-state index in [1.807, 2.05) is 0 Å². The van der Waals surface area contributed by atoms with Crippen LogP contribution in [0.25, 0.3) is 0 Å². The second kappa shape index (κ2) is 3.41. The Morgan fingerprint density at radius 1 is 1.35 bits per heavy atom. The zero-order valence-corrected chi connectivity index (χ0v) is 9.10. The number of nitrogens with zero attached hydrogens (tertiary/aromatic N) is 1. The average Bonchev–Trinajstić information content (AvgIpc) is 2.34. The summed E-state index contributed by atoms with van der Waals surface area (Å²) in [5.41, 5.74) is 0. The fourth-order valence-corrected chi connectivity index (χ4v) is 1.82. The van der Waals surface area contributed by atoms with Crippen LogP contribution in [-0.4, -0.2) is 16.6 Å². The molecule has 0 saturated carbocycles. The van der Waals surface area contributed by atoms with E-state index < -0.39 is 5.92 Å². The molecule has 1 unspecified atom stereocenters. The summed E-state index contributed by atoms with van der Waals surface area (Å²) in [4.78, 5) is 27.4. The predicted octanol–water partition coefficient (Wildman–Crippen LogP) is 1.24. The maximum Gasteiger partial charge on any atom is 0.262 e. The monoisotopic (exact) mass is 231 g/mol. The number of Topliss-reactive ketones (excluding diaryl/α,β-unsaturated/α-hetero) is 2. The lowest BCUT2D eigenvalue weighted by atomic mass is 9.90. The smallest absolute Gasteiger partial charge is 0.262 e. The highest BCUT2D eigenvalue weighted by molar-refractivity contribution is 6.13. The molecule has 5 heteroatoms. The van der Waals surface area contributed by atoms with Gasteiger partial charge < -0.3 is 9.47 Å². The van der Waals surface area contributed by atoms with Gasteiger partial charge in [-0.3, -0.25) is 9.59 Å².